The topological polar surface area (TPSA) is 80.0 Å². The SMILES string of the molecule is CCc1nc2ccc(N3CCN(C(=O)OC(C)(C)C)CC3=O)cn2c1-c1ccc(-c2nc(-c3ccc(F)cc3)cs2)c(C)c1F. The molecule has 1 saturated heterocycles. The quantitative estimate of drug-likeness (QED) is 0.201. The van der Waals surface area contributed by atoms with Gasteiger partial charge in [0, 0.05) is 41.4 Å². The number of nitrogens with zero attached hydrogens (tertiary/aromatic N) is 5. The zero-order valence-corrected chi connectivity index (χ0v) is 26.5. The lowest BCUT2D eigenvalue weighted by Crippen LogP contribution is -2.53. The number of amides is 2. The molecule has 0 radical (unpaired) electrons. The number of hydrogen-bond donors (Lipinski definition) is 0. The van der Waals surface area contributed by atoms with Crippen LogP contribution in [-0.4, -0.2) is 56.5 Å². The van der Waals surface area contributed by atoms with Crippen LogP contribution >= 0.6 is 11.3 Å². The molecule has 0 N–H and O–H groups in total. The van der Waals surface area contributed by atoms with Crippen LogP contribution in [0.5, 0.6) is 0 Å². The Bertz CT molecular complexity index is 1930. The Morgan fingerprint density at radius 2 is 1.73 bits per heavy atom. The Balaban J connectivity index is 1.32. The van der Waals surface area contributed by atoms with Gasteiger partial charge in [0.2, 0.25) is 5.91 Å². The van der Waals surface area contributed by atoms with Crippen molar-refractivity contribution in [2.45, 2.75) is 46.6 Å². The predicted molar refractivity (Wildman–Crippen MR) is 171 cm³/mol. The molecule has 1 aliphatic heterocycles. The van der Waals surface area contributed by atoms with Crippen LogP contribution in [0.4, 0.5) is 19.3 Å². The van der Waals surface area contributed by atoms with Crippen molar-refractivity contribution in [2.24, 2.45) is 0 Å². The number of thiazole rings is 1. The van der Waals surface area contributed by atoms with Crippen molar-refractivity contribution in [3.63, 3.8) is 0 Å². The highest BCUT2D eigenvalue weighted by atomic mass is 32.1. The Hall–Kier alpha value is -4.64. The number of benzene rings is 2. The highest BCUT2D eigenvalue weighted by Gasteiger charge is 2.31. The number of ether oxygens (including phenoxy) is 1. The van der Waals surface area contributed by atoms with Crippen LogP contribution in [0.25, 0.3) is 38.7 Å². The smallest absolute Gasteiger partial charge is 0.410 e. The lowest BCUT2D eigenvalue weighted by Gasteiger charge is -2.35. The van der Waals surface area contributed by atoms with Gasteiger partial charge >= 0.3 is 6.09 Å². The Morgan fingerprint density at radius 3 is 2.42 bits per heavy atom. The molecule has 8 nitrogen and oxygen atoms in total. The van der Waals surface area contributed by atoms with Crippen molar-refractivity contribution in [3.8, 4) is 33.1 Å². The van der Waals surface area contributed by atoms with E-state index in [1.165, 1.54) is 28.4 Å². The Labute approximate surface area is 263 Å². The molecule has 3 aromatic heterocycles. The summed E-state index contributed by atoms with van der Waals surface area (Å²) in [6, 6.07) is 13.4. The van der Waals surface area contributed by atoms with E-state index in [1.54, 1.807) is 57.0 Å². The number of aromatic nitrogens is 3. The van der Waals surface area contributed by atoms with Gasteiger partial charge < -0.3 is 9.64 Å². The summed E-state index contributed by atoms with van der Waals surface area (Å²) in [5, 5.41) is 2.54. The van der Waals surface area contributed by atoms with Gasteiger partial charge in [0.1, 0.15) is 34.4 Å². The van der Waals surface area contributed by atoms with E-state index in [0.717, 1.165) is 11.3 Å². The number of fused-ring (bicyclic) bond motifs is 1. The standard InChI is InChI=1S/C34H33F2N5O3S/c1-6-26-31(25-13-12-24(20(2)30(25)36)32-38-27(19-45-32)21-7-9-22(35)10-8-21)41-17-23(11-14-28(41)37-26)40-16-15-39(18-29(40)42)33(43)44-34(3,4)5/h7-14,17,19H,6,15-16,18H2,1-5H3. The normalized spacial score (nSPS) is 14.0. The second-order valence-corrected chi connectivity index (χ2v) is 12.8. The minimum atomic E-state index is -0.657. The second-order valence-electron chi connectivity index (χ2n) is 12.0. The monoisotopic (exact) mass is 629 g/mol. The number of aryl methyl sites for hydroxylation is 1. The molecule has 6 rings (SSSR count). The van der Waals surface area contributed by atoms with Crippen LogP contribution in [0, 0.1) is 18.6 Å². The van der Waals surface area contributed by atoms with Crippen LogP contribution in [-0.2, 0) is 16.0 Å². The van der Waals surface area contributed by atoms with E-state index in [4.69, 9.17) is 14.7 Å². The molecule has 4 heterocycles. The van der Waals surface area contributed by atoms with Gasteiger partial charge in [-0.05, 0) is 82.1 Å². The molecular weight excluding hydrogens is 596 g/mol. The molecular formula is C34H33F2N5O3S. The largest absolute Gasteiger partial charge is 0.444 e. The third-order valence-electron chi connectivity index (χ3n) is 7.71. The number of imidazole rings is 1. The summed E-state index contributed by atoms with van der Waals surface area (Å²) in [7, 11) is 0. The zero-order chi connectivity index (χ0) is 32.0. The van der Waals surface area contributed by atoms with Gasteiger partial charge in [-0.2, -0.15) is 0 Å². The molecule has 1 fully saturated rings. The first-order valence-corrected chi connectivity index (χ1v) is 15.6. The molecule has 5 aromatic rings. The summed E-state index contributed by atoms with van der Waals surface area (Å²) < 4.78 is 36.9. The van der Waals surface area contributed by atoms with Crippen molar-refractivity contribution in [1.82, 2.24) is 19.3 Å². The number of pyridine rings is 1. The van der Waals surface area contributed by atoms with Crippen molar-refractivity contribution >= 4 is 34.7 Å². The molecule has 11 heteroatoms. The van der Waals surface area contributed by atoms with Crippen molar-refractivity contribution in [2.75, 3.05) is 24.5 Å². The van der Waals surface area contributed by atoms with Gasteiger partial charge in [-0.3, -0.25) is 14.1 Å². The molecule has 2 aromatic carbocycles. The first-order valence-electron chi connectivity index (χ1n) is 14.7. The van der Waals surface area contributed by atoms with E-state index in [0.29, 0.717) is 63.9 Å². The van der Waals surface area contributed by atoms with E-state index in [9.17, 15) is 14.0 Å². The van der Waals surface area contributed by atoms with Crippen LogP contribution in [0.3, 0.4) is 0 Å². The van der Waals surface area contributed by atoms with E-state index >= 15 is 4.39 Å². The highest BCUT2D eigenvalue weighted by molar-refractivity contribution is 7.13. The molecule has 1 aliphatic rings. The second kappa shape index (κ2) is 11.7. The summed E-state index contributed by atoms with van der Waals surface area (Å²) in [6.45, 7) is 9.58. The molecule has 0 unspecified atom stereocenters. The lowest BCUT2D eigenvalue weighted by molar-refractivity contribution is -0.121. The molecule has 232 valence electrons. The molecule has 0 bridgehead atoms. The van der Waals surface area contributed by atoms with Gasteiger partial charge in [0.15, 0.2) is 0 Å². The average Bonchev–Trinajstić information content (AvgIpc) is 3.63. The summed E-state index contributed by atoms with van der Waals surface area (Å²) in [6.07, 6.45) is 1.86. The number of halogens is 2. The summed E-state index contributed by atoms with van der Waals surface area (Å²) >= 11 is 1.40. The highest BCUT2D eigenvalue weighted by Crippen LogP contribution is 2.37. The predicted octanol–water partition coefficient (Wildman–Crippen LogP) is 7.52. The van der Waals surface area contributed by atoms with Crippen LogP contribution in [0.1, 0.15) is 39.0 Å². The number of carbonyl (C=O) groups is 2. The average molecular weight is 630 g/mol. The molecule has 2 amide bonds. The first kappa shape index (κ1) is 30.4. The zero-order valence-electron chi connectivity index (χ0n) is 25.7. The molecule has 0 spiro atoms. The number of piperazine rings is 1. The maximum Gasteiger partial charge on any atom is 0.410 e. The Morgan fingerprint density at radius 1 is 1.00 bits per heavy atom. The van der Waals surface area contributed by atoms with Crippen molar-refractivity contribution < 1.29 is 23.1 Å². The minimum Gasteiger partial charge on any atom is -0.444 e. The van der Waals surface area contributed by atoms with Gasteiger partial charge in [-0.25, -0.2) is 23.5 Å². The number of hydrogen-bond acceptors (Lipinski definition) is 6. The molecule has 0 aliphatic carbocycles. The van der Waals surface area contributed by atoms with Gasteiger partial charge in [0.05, 0.1) is 22.8 Å². The van der Waals surface area contributed by atoms with Gasteiger partial charge in [-0.15, -0.1) is 11.3 Å². The fourth-order valence-corrected chi connectivity index (χ4v) is 6.36. The fraction of sp³-hybridized carbons (Fsp3) is 0.294. The third kappa shape index (κ3) is 5.92. The number of carbonyl (C=O) groups excluding carboxylic acids is 2. The van der Waals surface area contributed by atoms with Gasteiger partial charge in [-0.1, -0.05) is 13.0 Å². The van der Waals surface area contributed by atoms with E-state index < -0.39 is 11.7 Å². The first-order chi connectivity index (χ1) is 21.4. The van der Waals surface area contributed by atoms with Gasteiger partial charge in [0.25, 0.3) is 0 Å². The lowest BCUT2D eigenvalue weighted by atomic mass is 10.0. The Kier molecular flexibility index (Phi) is 7.90. The van der Waals surface area contributed by atoms with Crippen molar-refractivity contribution in [1.29, 1.82) is 0 Å². The van der Waals surface area contributed by atoms with E-state index in [-0.39, 0.29) is 24.1 Å². The molecule has 0 atom stereocenters. The maximum atomic E-state index is 16.3. The number of rotatable bonds is 5. The molecule has 45 heavy (non-hydrogen) atoms. The summed E-state index contributed by atoms with van der Waals surface area (Å²) in [4.78, 5) is 38.2. The van der Waals surface area contributed by atoms with E-state index in [1.807, 2.05) is 34.9 Å². The van der Waals surface area contributed by atoms with Crippen LogP contribution in [0.2, 0.25) is 0 Å². The van der Waals surface area contributed by atoms with Crippen molar-refractivity contribution in [3.05, 3.63) is 83.0 Å². The molecule has 0 saturated carbocycles. The van der Waals surface area contributed by atoms with Crippen LogP contribution < -0.4 is 4.90 Å². The van der Waals surface area contributed by atoms with Crippen LogP contribution in [0.15, 0.2) is 60.1 Å². The maximum absolute atomic E-state index is 16.3. The van der Waals surface area contributed by atoms with E-state index in [2.05, 4.69) is 0 Å². The number of anilines is 1. The minimum absolute atomic E-state index is 0.0984. The summed E-state index contributed by atoms with van der Waals surface area (Å²) in [5.74, 6) is -0.935. The fourth-order valence-electron chi connectivity index (χ4n) is 5.45. The third-order valence-corrected chi connectivity index (χ3v) is 8.59. The summed E-state index contributed by atoms with van der Waals surface area (Å²) in [5.41, 5.74) is 4.96.